The Morgan fingerprint density at radius 1 is 1.73 bits per heavy atom. The molecule has 0 spiro atoms. The largest absolute Gasteiger partial charge is 0.234 e. The Morgan fingerprint density at radius 2 is 2.45 bits per heavy atom. The van der Waals surface area contributed by atoms with Crippen molar-refractivity contribution in [3.8, 4) is 0 Å². The van der Waals surface area contributed by atoms with Crippen molar-refractivity contribution in [3.05, 3.63) is 0 Å². The minimum absolute atomic E-state index is 0.306. The van der Waals surface area contributed by atoms with Gasteiger partial charge in [-0.2, -0.15) is 11.8 Å². The van der Waals surface area contributed by atoms with Crippen LogP contribution in [0.1, 0.15) is 20.3 Å². The van der Waals surface area contributed by atoms with E-state index in [9.17, 15) is 4.79 Å². The number of rotatable bonds is 2. The third kappa shape index (κ3) is 2.08. The number of carbonyl (C=O) groups excluding carboxylic acids is 1. The fraction of sp³-hybridized carbons (Fsp3) is 0.875. The summed E-state index contributed by atoms with van der Waals surface area (Å²) in [4.78, 5) is 13.5. The Morgan fingerprint density at radius 3 is 2.91 bits per heavy atom. The Bertz CT molecular complexity index is 185. The highest BCUT2D eigenvalue weighted by Crippen LogP contribution is 2.42. The van der Waals surface area contributed by atoms with E-state index in [4.69, 9.17) is 0 Å². The molecule has 0 bridgehead atoms. The molecule has 0 radical (unpaired) electrons. The highest BCUT2D eigenvalue weighted by molar-refractivity contribution is 8.00. The summed E-state index contributed by atoms with van der Waals surface area (Å²) in [6.07, 6.45) is 2.78. The van der Waals surface area contributed by atoms with E-state index in [2.05, 4.69) is 18.8 Å². The lowest BCUT2D eigenvalue weighted by Crippen LogP contribution is -2.24. The molecule has 0 N–H and O–H groups in total. The molecular formula is C8H13NOS. The zero-order chi connectivity index (χ0) is 8.32. The van der Waals surface area contributed by atoms with Crippen molar-refractivity contribution >= 4 is 17.8 Å². The monoisotopic (exact) mass is 171 g/mol. The van der Waals surface area contributed by atoms with Gasteiger partial charge in [-0.1, -0.05) is 13.8 Å². The number of thioether (sulfide) groups is 1. The number of nitrogens with zero attached hydrogens (tertiary/aromatic N) is 1. The molecule has 1 saturated heterocycles. The number of hydrogen-bond acceptors (Lipinski definition) is 3. The van der Waals surface area contributed by atoms with Crippen LogP contribution in [0.2, 0.25) is 0 Å². The summed E-state index contributed by atoms with van der Waals surface area (Å²) in [5.41, 5.74) is 0. The van der Waals surface area contributed by atoms with E-state index in [0.29, 0.717) is 17.2 Å². The lowest BCUT2D eigenvalue weighted by molar-refractivity contribution is 0.445. The van der Waals surface area contributed by atoms with Crippen molar-refractivity contribution in [1.82, 2.24) is 0 Å². The molecule has 1 fully saturated rings. The Hall–Kier alpha value is -0.270. The minimum Gasteiger partial charge on any atom is -0.211 e. The summed E-state index contributed by atoms with van der Waals surface area (Å²) in [7, 11) is 0. The van der Waals surface area contributed by atoms with Crippen LogP contribution in [-0.2, 0) is 4.79 Å². The van der Waals surface area contributed by atoms with Gasteiger partial charge in [0.1, 0.15) is 0 Å². The van der Waals surface area contributed by atoms with E-state index in [-0.39, 0.29) is 0 Å². The predicted molar refractivity (Wildman–Crippen MR) is 47.6 cm³/mol. The third-order valence-corrected chi connectivity index (χ3v) is 3.82. The van der Waals surface area contributed by atoms with Crippen LogP contribution in [0.5, 0.6) is 0 Å². The summed E-state index contributed by atoms with van der Waals surface area (Å²) < 4.78 is 0.306. The van der Waals surface area contributed by atoms with Gasteiger partial charge in [0.05, 0.1) is 6.54 Å². The molecule has 1 unspecified atom stereocenters. The van der Waals surface area contributed by atoms with Crippen LogP contribution in [-0.4, -0.2) is 23.1 Å². The van der Waals surface area contributed by atoms with Gasteiger partial charge < -0.3 is 0 Å². The molecule has 0 saturated carbocycles. The molecule has 2 nitrogen and oxygen atoms in total. The van der Waals surface area contributed by atoms with Crippen LogP contribution in [0.3, 0.4) is 0 Å². The summed E-state index contributed by atoms with van der Waals surface area (Å²) in [6, 6.07) is 0. The second-order valence-electron chi connectivity index (χ2n) is 3.37. The zero-order valence-corrected chi connectivity index (χ0v) is 7.78. The Balaban J connectivity index is 2.50. The van der Waals surface area contributed by atoms with Crippen LogP contribution < -0.4 is 0 Å². The topological polar surface area (TPSA) is 29.4 Å². The first-order valence-electron chi connectivity index (χ1n) is 3.84. The van der Waals surface area contributed by atoms with Gasteiger partial charge >= 0.3 is 0 Å². The molecule has 1 aliphatic rings. The van der Waals surface area contributed by atoms with Gasteiger partial charge in [-0.15, -0.1) is 0 Å². The normalized spacial score (nSPS) is 28.0. The summed E-state index contributed by atoms with van der Waals surface area (Å²) >= 11 is 1.97. The van der Waals surface area contributed by atoms with Gasteiger partial charge in [0.2, 0.25) is 6.08 Å². The standard InChI is InChI=1S/C8H13NOS/c1-8(2)7(3-4-11-8)5-9-6-10/h7H,3-5H2,1-2H3. The van der Waals surface area contributed by atoms with E-state index >= 15 is 0 Å². The van der Waals surface area contributed by atoms with Gasteiger partial charge in [0.25, 0.3) is 0 Å². The fourth-order valence-electron chi connectivity index (χ4n) is 1.39. The molecule has 1 atom stereocenters. The van der Waals surface area contributed by atoms with Crippen molar-refractivity contribution in [3.63, 3.8) is 0 Å². The average molecular weight is 171 g/mol. The van der Waals surface area contributed by atoms with E-state index in [1.54, 1.807) is 6.08 Å². The minimum atomic E-state index is 0.306. The quantitative estimate of drug-likeness (QED) is 0.469. The van der Waals surface area contributed by atoms with Crippen LogP contribution in [0.15, 0.2) is 4.99 Å². The molecule has 0 aromatic carbocycles. The van der Waals surface area contributed by atoms with Crippen LogP contribution in [0.25, 0.3) is 0 Å². The SMILES string of the molecule is CC1(C)SCCC1CN=C=O. The molecular weight excluding hydrogens is 158 g/mol. The molecule has 1 heterocycles. The maximum atomic E-state index is 9.87. The highest BCUT2D eigenvalue weighted by atomic mass is 32.2. The van der Waals surface area contributed by atoms with Crippen LogP contribution in [0.4, 0.5) is 0 Å². The van der Waals surface area contributed by atoms with Crippen molar-refractivity contribution in [2.45, 2.75) is 25.0 Å². The predicted octanol–water partition coefficient (Wildman–Crippen LogP) is 1.85. The van der Waals surface area contributed by atoms with Crippen LogP contribution >= 0.6 is 11.8 Å². The molecule has 3 heteroatoms. The molecule has 62 valence electrons. The average Bonchev–Trinajstić information content (AvgIpc) is 2.25. The van der Waals surface area contributed by atoms with Gasteiger partial charge in [0.15, 0.2) is 0 Å². The number of isocyanates is 1. The smallest absolute Gasteiger partial charge is 0.211 e. The van der Waals surface area contributed by atoms with Crippen LogP contribution in [0, 0.1) is 5.92 Å². The van der Waals surface area contributed by atoms with E-state index < -0.39 is 0 Å². The zero-order valence-electron chi connectivity index (χ0n) is 6.96. The first kappa shape index (κ1) is 8.82. The van der Waals surface area contributed by atoms with Crippen molar-refractivity contribution in [2.24, 2.45) is 10.9 Å². The fourth-order valence-corrected chi connectivity index (χ4v) is 2.74. The number of hydrogen-bond donors (Lipinski definition) is 0. The first-order valence-corrected chi connectivity index (χ1v) is 4.83. The van der Waals surface area contributed by atoms with E-state index in [1.807, 2.05) is 11.8 Å². The van der Waals surface area contributed by atoms with Gasteiger partial charge in [0, 0.05) is 4.75 Å². The maximum absolute atomic E-state index is 9.87. The molecule has 1 rings (SSSR count). The highest BCUT2D eigenvalue weighted by Gasteiger charge is 2.34. The van der Waals surface area contributed by atoms with E-state index in [1.165, 1.54) is 12.2 Å². The van der Waals surface area contributed by atoms with Gasteiger partial charge in [-0.05, 0) is 18.1 Å². The number of aliphatic imine (C=N–C) groups is 1. The molecule has 0 amide bonds. The van der Waals surface area contributed by atoms with Gasteiger partial charge in [-0.3, -0.25) is 0 Å². The van der Waals surface area contributed by atoms with E-state index in [0.717, 1.165) is 0 Å². The molecule has 11 heavy (non-hydrogen) atoms. The Labute approximate surface area is 71.5 Å². The summed E-state index contributed by atoms with van der Waals surface area (Å²) in [6.45, 7) is 5.09. The summed E-state index contributed by atoms with van der Waals surface area (Å²) in [5, 5.41) is 0. The van der Waals surface area contributed by atoms with Crippen molar-refractivity contribution in [2.75, 3.05) is 12.3 Å². The second kappa shape index (κ2) is 3.42. The molecule has 0 aliphatic carbocycles. The van der Waals surface area contributed by atoms with Crippen molar-refractivity contribution in [1.29, 1.82) is 0 Å². The first-order chi connectivity index (χ1) is 5.17. The lowest BCUT2D eigenvalue weighted by Gasteiger charge is -2.23. The van der Waals surface area contributed by atoms with Gasteiger partial charge in [-0.25, -0.2) is 9.79 Å². The second-order valence-corrected chi connectivity index (χ2v) is 5.12. The third-order valence-electron chi connectivity index (χ3n) is 2.30. The lowest BCUT2D eigenvalue weighted by atomic mass is 9.93. The molecule has 0 aromatic rings. The summed E-state index contributed by atoms with van der Waals surface area (Å²) in [5.74, 6) is 1.76. The Kier molecular flexibility index (Phi) is 2.74. The van der Waals surface area contributed by atoms with Crippen molar-refractivity contribution < 1.29 is 4.79 Å². The maximum Gasteiger partial charge on any atom is 0.234 e. The molecule has 1 aliphatic heterocycles. The molecule has 0 aromatic heterocycles.